The molecule has 6 nitrogen and oxygen atoms in total. The third-order valence-corrected chi connectivity index (χ3v) is 7.28. The van der Waals surface area contributed by atoms with E-state index in [1.165, 1.54) is 16.2 Å². The molecule has 0 radical (unpaired) electrons. The van der Waals surface area contributed by atoms with Gasteiger partial charge in [0.1, 0.15) is 11.1 Å². The first-order chi connectivity index (χ1) is 17.7. The quantitative estimate of drug-likeness (QED) is 0.222. The molecule has 4 aromatic rings. The summed E-state index contributed by atoms with van der Waals surface area (Å²) in [5.41, 5.74) is 8.18. The highest BCUT2D eigenvalue weighted by Gasteiger charge is 2.21. The van der Waals surface area contributed by atoms with E-state index in [9.17, 15) is 10.1 Å². The van der Waals surface area contributed by atoms with E-state index in [4.69, 9.17) is 0 Å². The Kier molecular flexibility index (Phi) is 7.06. The zero-order chi connectivity index (χ0) is 24.7. The fourth-order valence-corrected chi connectivity index (χ4v) is 5.61. The van der Waals surface area contributed by atoms with E-state index in [1.807, 2.05) is 60.7 Å². The van der Waals surface area contributed by atoms with E-state index in [0.29, 0.717) is 10.6 Å². The second kappa shape index (κ2) is 10.9. The fourth-order valence-electron chi connectivity index (χ4n) is 4.38. The number of carbonyl (C=O) groups excluding carboxylic acids is 1. The zero-order valence-corrected chi connectivity index (χ0v) is 20.5. The third-order valence-electron chi connectivity index (χ3n) is 6.07. The molecular weight excluding hydrogens is 466 g/mol. The summed E-state index contributed by atoms with van der Waals surface area (Å²) in [5.74, 6) is 0. The molecule has 0 bridgehead atoms. The fraction of sp³-hybridized carbons (Fsp3) is 0.138. The number of nitrogens with one attached hydrogen (secondary N) is 2. The summed E-state index contributed by atoms with van der Waals surface area (Å²) in [6, 6.07) is 30.2. The summed E-state index contributed by atoms with van der Waals surface area (Å²) >= 11 is 1.49. The molecule has 1 heterocycles. The number of nitriles is 1. The van der Waals surface area contributed by atoms with E-state index in [2.05, 4.69) is 51.1 Å². The van der Waals surface area contributed by atoms with Gasteiger partial charge in [-0.25, -0.2) is 10.2 Å². The second-order valence-electron chi connectivity index (χ2n) is 8.45. The molecule has 7 heteroatoms. The third kappa shape index (κ3) is 5.14. The SMILES string of the molecule is N#Cc1c(NC(=O)N/N=C/c2ccc(N(c3ccccc3)c3ccccc3)cc2)sc2c1CCCC2. The molecule has 0 saturated carbocycles. The number of amides is 2. The molecule has 1 aliphatic rings. The molecule has 178 valence electrons. The van der Waals surface area contributed by atoms with Crippen molar-refractivity contribution in [3.05, 3.63) is 106 Å². The Balaban J connectivity index is 1.26. The van der Waals surface area contributed by atoms with Gasteiger partial charge in [0.2, 0.25) is 0 Å². The number of urea groups is 1. The van der Waals surface area contributed by atoms with Crippen LogP contribution < -0.4 is 15.6 Å². The monoisotopic (exact) mass is 491 g/mol. The Morgan fingerprint density at radius 1 is 0.889 bits per heavy atom. The zero-order valence-electron chi connectivity index (χ0n) is 19.6. The van der Waals surface area contributed by atoms with Gasteiger partial charge in [-0.3, -0.25) is 5.32 Å². The highest BCUT2D eigenvalue weighted by molar-refractivity contribution is 7.16. The number of benzene rings is 3. The van der Waals surface area contributed by atoms with Crippen molar-refractivity contribution in [2.45, 2.75) is 25.7 Å². The Morgan fingerprint density at radius 2 is 1.50 bits per heavy atom. The average molecular weight is 492 g/mol. The largest absolute Gasteiger partial charge is 0.340 e. The molecule has 0 unspecified atom stereocenters. The highest BCUT2D eigenvalue weighted by atomic mass is 32.1. The van der Waals surface area contributed by atoms with Crippen LogP contribution in [-0.4, -0.2) is 12.2 Å². The lowest BCUT2D eigenvalue weighted by Gasteiger charge is -2.25. The Bertz CT molecular complexity index is 1370. The van der Waals surface area contributed by atoms with Crippen LogP contribution in [0.2, 0.25) is 0 Å². The van der Waals surface area contributed by atoms with Crippen LogP contribution in [0.5, 0.6) is 0 Å². The first-order valence-corrected chi connectivity index (χ1v) is 12.7. The van der Waals surface area contributed by atoms with Gasteiger partial charge >= 0.3 is 6.03 Å². The molecule has 1 aromatic heterocycles. The summed E-state index contributed by atoms with van der Waals surface area (Å²) in [6.45, 7) is 0. The smallest absolute Gasteiger partial charge is 0.311 e. The van der Waals surface area contributed by atoms with Gasteiger partial charge in [-0.1, -0.05) is 48.5 Å². The summed E-state index contributed by atoms with van der Waals surface area (Å²) in [7, 11) is 0. The number of hydrazone groups is 1. The maximum absolute atomic E-state index is 12.4. The number of aryl methyl sites for hydroxylation is 1. The van der Waals surface area contributed by atoms with Crippen molar-refractivity contribution in [3.63, 3.8) is 0 Å². The topological polar surface area (TPSA) is 80.5 Å². The molecule has 3 aromatic carbocycles. The van der Waals surface area contributed by atoms with Crippen molar-refractivity contribution in [2.24, 2.45) is 5.10 Å². The minimum absolute atomic E-state index is 0.461. The van der Waals surface area contributed by atoms with E-state index in [1.54, 1.807) is 6.21 Å². The Labute approximate surface area is 214 Å². The van der Waals surface area contributed by atoms with Crippen LogP contribution in [0.25, 0.3) is 0 Å². The summed E-state index contributed by atoms with van der Waals surface area (Å²) in [5, 5.41) is 17.0. The van der Waals surface area contributed by atoms with Crippen molar-refractivity contribution in [1.82, 2.24) is 5.43 Å². The number of hydrogen-bond acceptors (Lipinski definition) is 5. The number of hydrogen-bond donors (Lipinski definition) is 2. The molecule has 36 heavy (non-hydrogen) atoms. The lowest BCUT2D eigenvalue weighted by Crippen LogP contribution is -2.24. The summed E-state index contributed by atoms with van der Waals surface area (Å²) in [6.07, 6.45) is 5.68. The number of nitrogens with zero attached hydrogens (tertiary/aromatic N) is 3. The van der Waals surface area contributed by atoms with Crippen LogP contribution in [0.4, 0.5) is 26.9 Å². The molecule has 5 rings (SSSR count). The van der Waals surface area contributed by atoms with Crippen molar-refractivity contribution in [3.8, 4) is 6.07 Å². The number of para-hydroxylation sites is 2. The minimum atomic E-state index is -0.461. The summed E-state index contributed by atoms with van der Waals surface area (Å²) < 4.78 is 0. The lowest BCUT2D eigenvalue weighted by molar-refractivity contribution is 0.252. The number of thiophene rings is 1. The molecule has 1 aliphatic carbocycles. The maximum Gasteiger partial charge on any atom is 0.340 e. The Hall–Kier alpha value is -4.41. The predicted molar refractivity (Wildman–Crippen MR) is 147 cm³/mol. The highest BCUT2D eigenvalue weighted by Crippen LogP contribution is 2.37. The number of anilines is 4. The lowest BCUT2D eigenvalue weighted by atomic mass is 9.96. The molecule has 0 spiro atoms. The normalized spacial score (nSPS) is 12.5. The van der Waals surface area contributed by atoms with Crippen molar-refractivity contribution >= 4 is 45.6 Å². The average Bonchev–Trinajstić information content (AvgIpc) is 3.27. The van der Waals surface area contributed by atoms with Crippen molar-refractivity contribution in [2.75, 3.05) is 10.2 Å². The van der Waals surface area contributed by atoms with Gasteiger partial charge in [-0.05, 0) is 73.2 Å². The van der Waals surface area contributed by atoms with Crippen LogP contribution >= 0.6 is 11.3 Å². The van der Waals surface area contributed by atoms with Crippen LogP contribution in [0.15, 0.2) is 90.0 Å². The molecule has 0 saturated heterocycles. The Morgan fingerprint density at radius 3 is 2.14 bits per heavy atom. The minimum Gasteiger partial charge on any atom is -0.311 e. The second-order valence-corrected chi connectivity index (χ2v) is 9.55. The first-order valence-electron chi connectivity index (χ1n) is 11.9. The molecule has 2 N–H and O–H groups in total. The molecule has 2 amide bonds. The number of rotatable bonds is 6. The van der Waals surface area contributed by atoms with Gasteiger partial charge in [-0.15, -0.1) is 11.3 Å². The van der Waals surface area contributed by atoms with Gasteiger partial charge in [0.15, 0.2) is 0 Å². The van der Waals surface area contributed by atoms with Gasteiger partial charge < -0.3 is 4.90 Å². The van der Waals surface area contributed by atoms with E-state index < -0.39 is 6.03 Å². The molecule has 0 fully saturated rings. The van der Waals surface area contributed by atoms with Gasteiger partial charge in [-0.2, -0.15) is 10.4 Å². The first kappa shape index (κ1) is 23.3. The maximum atomic E-state index is 12.4. The molecule has 0 aliphatic heterocycles. The number of carbonyl (C=O) groups is 1. The van der Waals surface area contributed by atoms with Gasteiger partial charge in [0, 0.05) is 21.9 Å². The van der Waals surface area contributed by atoms with Crippen LogP contribution in [0, 0.1) is 11.3 Å². The predicted octanol–water partition coefficient (Wildman–Crippen LogP) is 7.12. The van der Waals surface area contributed by atoms with Crippen molar-refractivity contribution < 1.29 is 4.79 Å². The molecular formula is C29H25N5OS. The van der Waals surface area contributed by atoms with Crippen LogP contribution in [0.3, 0.4) is 0 Å². The van der Waals surface area contributed by atoms with Gasteiger partial charge in [0.05, 0.1) is 11.8 Å². The van der Waals surface area contributed by atoms with Gasteiger partial charge in [0.25, 0.3) is 0 Å². The standard InChI is InChI=1S/C29H25N5OS/c30-19-26-25-13-7-8-14-27(25)36-28(26)32-29(35)33-31-20-21-15-17-24(18-16-21)34(22-9-3-1-4-10-22)23-11-5-2-6-12-23/h1-6,9-12,15-18,20H,7-8,13-14H2,(H2,32,33,35)/b31-20+. The van der Waals surface area contributed by atoms with E-state index >= 15 is 0 Å². The number of fused-ring (bicyclic) bond motifs is 1. The van der Waals surface area contributed by atoms with E-state index in [-0.39, 0.29) is 0 Å². The molecule has 0 atom stereocenters. The summed E-state index contributed by atoms with van der Waals surface area (Å²) in [4.78, 5) is 15.8. The van der Waals surface area contributed by atoms with Crippen molar-refractivity contribution in [1.29, 1.82) is 5.26 Å². The van der Waals surface area contributed by atoms with Crippen LogP contribution in [0.1, 0.15) is 34.4 Å². The van der Waals surface area contributed by atoms with Crippen LogP contribution in [-0.2, 0) is 12.8 Å². The van der Waals surface area contributed by atoms with E-state index in [0.717, 1.165) is 53.9 Å².